The SMILES string of the molecule is CC(Cc1c(F)cccc1F)NC(=O)COc1ccccc1CO. The van der Waals surface area contributed by atoms with E-state index in [1.807, 2.05) is 0 Å². The van der Waals surface area contributed by atoms with Crippen LogP contribution in [0.4, 0.5) is 8.78 Å². The molecule has 4 nitrogen and oxygen atoms in total. The lowest BCUT2D eigenvalue weighted by atomic mass is 10.1. The molecule has 0 fully saturated rings. The minimum absolute atomic E-state index is 0.0392. The van der Waals surface area contributed by atoms with Crippen LogP contribution in [0, 0.1) is 11.6 Å². The molecule has 1 unspecified atom stereocenters. The summed E-state index contributed by atoms with van der Waals surface area (Å²) in [5, 5.41) is 11.8. The smallest absolute Gasteiger partial charge is 0.258 e. The van der Waals surface area contributed by atoms with E-state index < -0.39 is 23.6 Å². The fraction of sp³-hybridized carbons (Fsp3) is 0.278. The van der Waals surface area contributed by atoms with Crippen molar-refractivity contribution in [2.75, 3.05) is 6.61 Å². The van der Waals surface area contributed by atoms with Crippen LogP contribution >= 0.6 is 0 Å². The van der Waals surface area contributed by atoms with Crippen LogP contribution in [0.5, 0.6) is 5.75 Å². The molecule has 0 saturated heterocycles. The van der Waals surface area contributed by atoms with Crippen LogP contribution in [-0.4, -0.2) is 23.7 Å². The molecule has 2 N–H and O–H groups in total. The Balaban J connectivity index is 1.88. The molecule has 0 spiro atoms. The van der Waals surface area contributed by atoms with Crippen molar-refractivity contribution >= 4 is 5.91 Å². The average molecular weight is 335 g/mol. The zero-order valence-electron chi connectivity index (χ0n) is 13.3. The van der Waals surface area contributed by atoms with Crippen LogP contribution in [0.1, 0.15) is 18.1 Å². The normalized spacial score (nSPS) is 11.8. The Morgan fingerprint density at radius 1 is 1.17 bits per heavy atom. The third-order valence-electron chi connectivity index (χ3n) is 3.48. The highest BCUT2D eigenvalue weighted by Gasteiger charge is 2.15. The molecule has 2 aromatic carbocycles. The molecule has 1 amide bonds. The van der Waals surface area contributed by atoms with Crippen LogP contribution < -0.4 is 10.1 Å². The van der Waals surface area contributed by atoms with Gasteiger partial charge in [-0.2, -0.15) is 0 Å². The van der Waals surface area contributed by atoms with Crippen LogP contribution in [0.3, 0.4) is 0 Å². The minimum Gasteiger partial charge on any atom is -0.483 e. The summed E-state index contributed by atoms with van der Waals surface area (Å²) in [6, 6.07) is 10.0. The number of rotatable bonds is 7. The molecule has 0 aliphatic rings. The Morgan fingerprint density at radius 3 is 2.50 bits per heavy atom. The lowest BCUT2D eigenvalue weighted by molar-refractivity contribution is -0.123. The molecule has 0 bridgehead atoms. The predicted molar refractivity (Wildman–Crippen MR) is 85.5 cm³/mol. The fourth-order valence-corrected chi connectivity index (χ4v) is 2.32. The summed E-state index contributed by atoms with van der Waals surface area (Å²) < 4.78 is 32.6. The second-order valence-electron chi connectivity index (χ2n) is 5.43. The first-order valence-electron chi connectivity index (χ1n) is 7.55. The lowest BCUT2D eigenvalue weighted by Gasteiger charge is -2.16. The van der Waals surface area contributed by atoms with Crippen LogP contribution in [0.2, 0.25) is 0 Å². The number of aliphatic hydroxyl groups excluding tert-OH is 1. The van der Waals surface area contributed by atoms with E-state index in [0.29, 0.717) is 11.3 Å². The van der Waals surface area contributed by atoms with E-state index in [2.05, 4.69) is 5.32 Å². The van der Waals surface area contributed by atoms with Crippen LogP contribution in [0.15, 0.2) is 42.5 Å². The van der Waals surface area contributed by atoms with Gasteiger partial charge in [0.2, 0.25) is 0 Å². The summed E-state index contributed by atoms with van der Waals surface area (Å²) in [4.78, 5) is 11.9. The standard InChI is InChI=1S/C18H19F2NO3/c1-12(9-14-15(19)6-4-7-16(14)20)21-18(23)11-24-17-8-3-2-5-13(17)10-22/h2-8,12,22H,9-11H2,1H3,(H,21,23). The van der Waals surface area contributed by atoms with E-state index >= 15 is 0 Å². The van der Waals surface area contributed by atoms with Crippen LogP contribution in [0.25, 0.3) is 0 Å². The number of nitrogens with one attached hydrogen (secondary N) is 1. The van der Waals surface area contributed by atoms with Gasteiger partial charge < -0.3 is 15.2 Å². The van der Waals surface area contributed by atoms with Crippen molar-refractivity contribution in [3.8, 4) is 5.75 Å². The molecule has 0 aliphatic carbocycles. The number of ether oxygens (including phenoxy) is 1. The molecule has 0 saturated carbocycles. The Bertz CT molecular complexity index is 686. The van der Waals surface area contributed by atoms with E-state index in [1.54, 1.807) is 31.2 Å². The molecule has 24 heavy (non-hydrogen) atoms. The quantitative estimate of drug-likeness (QED) is 0.818. The highest BCUT2D eigenvalue weighted by Crippen LogP contribution is 2.17. The molecule has 0 heterocycles. The summed E-state index contributed by atoms with van der Waals surface area (Å²) in [5.74, 6) is -1.26. The minimum atomic E-state index is -0.635. The lowest BCUT2D eigenvalue weighted by Crippen LogP contribution is -2.37. The van der Waals surface area contributed by atoms with Gasteiger partial charge in [0.05, 0.1) is 6.61 Å². The zero-order chi connectivity index (χ0) is 17.5. The third-order valence-corrected chi connectivity index (χ3v) is 3.48. The first-order valence-corrected chi connectivity index (χ1v) is 7.55. The number of amides is 1. The van der Waals surface area contributed by atoms with E-state index in [0.717, 1.165) is 0 Å². The van der Waals surface area contributed by atoms with Crippen molar-refractivity contribution in [3.63, 3.8) is 0 Å². The van der Waals surface area contributed by atoms with E-state index in [4.69, 9.17) is 4.74 Å². The van der Waals surface area contributed by atoms with Crippen molar-refractivity contribution in [1.82, 2.24) is 5.32 Å². The van der Waals surface area contributed by atoms with Gasteiger partial charge in [-0.3, -0.25) is 4.79 Å². The van der Waals surface area contributed by atoms with Gasteiger partial charge in [0.1, 0.15) is 17.4 Å². The maximum absolute atomic E-state index is 13.6. The van der Waals surface area contributed by atoms with Gasteiger partial charge >= 0.3 is 0 Å². The summed E-state index contributed by atoms with van der Waals surface area (Å²) in [6.45, 7) is 1.22. The number of carbonyl (C=O) groups is 1. The average Bonchev–Trinajstić information content (AvgIpc) is 2.56. The summed E-state index contributed by atoms with van der Waals surface area (Å²) in [6.07, 6.45) is 0.0392. The van der Waals surface area contributed by atoms with E-state index in [1.165, 1.54) is 18.2 Å². The van der Waals surface area contributed by atoms with Gasteiger partial charge in [-0.1, -0.05) is 24.3 Å². The molecule has 0 aromatic heterocycles. The number of benzene rings is 2. The molecule has 0 radical (unpaired) electrons. The Labute approximate surface area is 139 Å². The number of hydrogen-bond acceptors (Lipinski definition) is 3. The maximum Gasteiger partial charge on any atom is 0.258 e. The van der Waals surface area contributed by atoms with Gasteiger partial charge in [-0.25, -0.2) is 8.78 Å². The first kappa shape index (κ1) is 17.9. The highest BCUT2D eigenvalue weighted by molar-refractivity contribution is 5.77. The third kappa shape index (κ3) is 4.76. The fourth-order valence-electron chi connectivity index (χ4n) is 2.32. The van der Waals surface area contributed by atoms with Gasteiger partial charge in [0.25, 0.3) is 5.91 Å². The van der Waals surface area contributed by atoms with Gasteiger partial charge in [-0.15, -0.1) is 0 Å². The molecular formula is C18H19F2NO3. The Morgan fingerprint density at radius 2 is 1.83 bits per heavy atom. The van der Waals surface area contributed by atoms with E-state index in [-0.39, 0.29) is 25.2 Å². The van der Waals surface area contributed by atoms with E-state index in [9.17, 15) is 18.7 Å². The second kappa shape index (κ2) is 8.40. The second-order valence-corrected chi connectivity index (χ2v) is 5.43. The number of para-hydroxylation sites is 1. The van der Waals surface area contributed by atoms with Crippen LogP contribution in [-0.2, 0) is 17.8 Å². The number of carbonyl (C=O) groups excluding carboxylic acids is 1. The summed E-state index contributed by atoms with van der Waals surface area (Å²) >= 11 is 0. The molecule has 128 valence electrons. The van der Waals surface area contributed by atoms with Gasteiger partial charge in [0, 0.05) is 17.2 Å². The number of aliphatic hydroxyl groups is 1. The van der Waals surface area contributed by atoms with Crippen molar-refractivity contribution in [3.05, 3.63) is 65.2 Å². The number of halogens is 2. The van der Waals surface area contributed by atoms with Crippen molar-refractivity contribution in [1.29, 1.82) is 0 Å². The first-order chi connectivity index (χ1) is 11.5. The number of hydrogen-bond donors (Lipinski definition) is 2. The largest absolute Gasteiger partial charge is 0.483 e. The van der Waals surface area contributed by atoms with Crippen molar-refractivity contribution in [2.45, 2.75) is 26.0 Å². The zero-order valence-corrected chi connectivity index (χ0v) is 13.3. The molecule has 2 rings (SSSR count). The topological polar surface area (TPSA) is 58.6 Å². The summed E-state index contributed by atoms with van der Waals surface area (Å²) in [5.41, 5.74) is 0.517. The molecule has 0 aliphatic heterocycles. The summed E-state index contributed by atoms with van der Waals surface area (Å²) in [7, 11) is 0. The predicted octanol–water partition coefficient (Wildman–Crippen LogP) is 2.58. The molecule has 2 aromatic rings. The Hall–Kier alpha value is -2.47. The van der Waals surface area contributed by atoms with Crippen molar-refractivity contribution in [2.24, 2.45) is 0 Å². The monoisotopic (exact) mass is 335 g/mol. The molecule has 6 heteroatoms. The highest BCUT2D eigenvalue weighted by atomic mass is 19.1. The molecule has 1 atom stereocenters. The van der Waals surface area contributed by atoms with Gasteiger partial charge in [-0.05, 0) is 31.5 Å². The van der Waals surface area contributed by atoms with Gasteiger partial charge in [0.15, 0.2) is 6.61 Å². The van der Waals surface area contributed by atoms with Crippen molar-refractivity contribution < 1.29 is 23.4 Å². The maximum atomic E-state index is 13.6. The molecular weight excluding hydrogens is 316 g/mol. The Kier molecular flexibility index (Phi) is 6.26.